The van der Waals surface area contributed by atoms with Crippen molar-refractivity contribution in [3.63, 3.8) is 0 Å². The van der Waals surface area contributed by atoms with Gasteiger partial charge in [0.25, 0.3) is 0 Å². The summed E-state index contributed by atoms with van der Waals surface area (Å²) in [6, 6.07) is 16.5. The summed E-state index contributed by atoms with van der Waals surface area (Å²) >= 11 is 0. The second kappa shape index (κ2) is 9.70. The molecule has 0 aromatic heterocycles. The molecule has 0 spiro atoms. The van der Waals surface area contributed by atoms with Gasteiger partial charge in [0.2, 0.25) is 0 Å². The van der Waals surface area contributed by atoms with Crippen molar-refractivity contribution >= 4 is 5.96 Å². The third kappa shape index (κ3) is 5.41. The molecule has 2 N–H and O–H groups in total. The predicted octanol–water partition coefficient (Wildman–Crippen LogP) is 3.15. The zero-order valence-electron chi connectivity index (χ0n) is 15.3. The molecule has 0 bridgehead atoms. The van der Waals surface area contributed by atoms with E-state index in [2.05, 4.69) is 46.8 Å². The summed E-state index contributed by atoms with van der Waals surface area (Å²) in [4.78, 5) is 4.69. The van der Waals surface area contributed by atoms with Gasteiger partial charge in [0.15, 0.2) is 17.5 Å². The third-order valence-electron chi connectivity index (χ3n) is 4.12. The first-order valence-electron chi connectivity index (χ1n) is 9.30. The van der Waals surface area contributed by atoms with E-state index in [9.17, 15) is 0 Å². The minimum absolute atomic E-state index is 0.595. The molecule has 0 amide bonds. The first kappa shape index (κ1) is 18.1. The molecule has 1 aliphatic heterocycles. The van der Waals surface area contributed by atoms with Crippen LogP contribution in [0, 0.1) is 0 Å². The first-order valence-corrected chi connectivity index (χ1v) is 9.30. The van der Waals surface area contributed by atoms with Crippen LogP contribution in [0.25, 0.3) is 0 Å². The van der Waals surface area contributed by atoms with Crippen LogP contribution in [0.2, 0.25) is 0 Å². The Morgan fingerprint density at radius 3 is 2.58 bits per heavy atom. The molecule has 5 nitrogen and oxygen atoms in total. The normalized spacial score (nSPS) is 13.8. The molecule has 26 heavy (non-hydrogen) atoms. The van der Waals surface area contributed by atoms with Crippen molar-refractivity contribution in [3.8, 4) is 11.5 Å². The number of benzene rings is 2. The zero-order valence-corrected chi connectivity index (χ0v) is 15.3. The highest BCUT2D eigenvalue weighted by molar-refractivity contribution is 5.79. The summed E-state index contributed by atoms with van der Waals surface area (Å²) in [5.41, 5.74) is 2.42. The molecular formula is C21H27N3O2. The lowest BCUT2D eigenvalue weighted by Gasteiger charge is -2.12. The molecule has 0 saturated carbocycles. The summed E-state index contributed by atoms with van der Waals surface area (Å²) in [5, 5.41) is 6.69. The Labute approximate surface area is 155 Å². The van der Waals surface area contributed by atoms with Crippen LogP contribution in [0.3, 0.4) is 0 Å². The molecular weight excluding hydrogens is 326 g/mol. The Balaban J connectivity index is 1.57. The molecule has 0 fully saturated rings. The monoisotopic (exact) mass is 353 g/mol. The molecule has 0 radical (unpaired) electrons. The summed E-state index contributed by atoms with van der Waals surface area (Å²) in [6.45, 7) is 5.75. The van der Waals surface area contributed by atoms with E-state index < -0.39 is 0 Å². The van der Waals surface area contributed by atoms with Gasteiger partial charge in [0, 0.05) is 19.5 Å². The molecule has 1 heterocycles. The molecule has 0 unspecified atom stereocenters. The predicted molar refractivity (Wildman–Crippen MR) is 105 cm³/mol. The van der Waals surface area contributed by atoms with Crippen LogP contribution in [0.1, 0.15) is 24.5 Å². The molecule has 0 aliphatic carbocycles. The van der Waals surface area contributed by atoms with E-state index in [1.165, 1.54) is 5.56 Å². The highest BCUT2D eigenvalue weighted by Gasteiger charge is 2.10. The van der Waals surface area contributed by atoms with Gasteiger partial charge >= 0.3 is 0 Å². The van der Waals surface area contributed by atoms with E-state index >= 15 is 0 Å². The van der Waals surface area contributed by atoms with Crippen molar-refractivity contribution in [1.29, 1.82) is 0 Å². The maximum absolute atomic E-state index is 5.75. The number of rotatable bonds is 6. The summed E-state index contributed by atoms with van der Waals surface area (Å²) in [5.74, 6) is 2.47. The number of nitrogens with zero attached hydrogens (tertiary/aromatic N) is 1. The van der Waals surface area contributed by atoms with Crippen LogP contribution in [0.15, 0.2) is 53.5 Å². The van der Waals surface area contributed by atoms with E-state index in [0.717, 1.165) is 49.0 Å². The number of hydrogen-bond acceptors (Lipinski definition) is 3. The average Bonchev–Trinajstić information content (AvgIpc) is 2.92. The van der Waals surface area contributed by atoms with Crippen LogP contribution in [-0.4, -0.2) is 32.3 Å². The van der Waals surface area contributed by atoms with Gasteiger partial charge < -0.3 is 20.1 Å². The Kier molecular flexibility index (Phi) is 6.76. The van der Waals surface area contributed by atoms with Crippen molar-refractivity contribution in [2.75, 3.05) is 26.3 Å². The lowest BCUT2D eigenvalue weighted by atomic mass is 10.1. The van der Waals surface area contributed by atoms with Gasteiger partial charge in [-0.2, -0.15) is 0 Å². The third-order valence-corrected chi connectivity index (χ3v) is 4.12. The molecule has 1 aliphatic rings. The first-order chi connectivity index (χ1) is 12.8. The van der Waals surface area contributed by atoms with Crippen LogP contribution in [0.4, 0.5) is 0 Å². The van der Waals surface area contributed by atoms with Gasteiger partial charge in [0.1, 0.15) is 0 Å². The molecule has 5 heteroatoms. The summed E-state index contributed by atoms with van der Waals surface area (Å²) < 4.78 is 11.4. The van der Waals surface area contributed by atoms with Gasteiger partial charge in [-0.3, -0.25) is 0 Å². The molecule has 2 aromatic rings. The van der Waals surface area contributed by atoms with Gasteiger partial charge in [-0.05, 0) is 36.6 Å². The zero-order chi connectivity index (χ0) is 18.0. The number of aliphatic imine (C=N–C) groups is 1. The highest BCUT2D eigenvalue weighted by atomic mass is 16.5. The smallest absolute Gasteiger partial charge is 0.191 e. The fourth-order valence-corrected chi connectivity index (χ4v) is 2.79. The number of nitrogens with one attached hydrogen (secondary N) is 2. The number of ether oxygens (including phenoxy) is 2. The largest absolute Gasteiger partial charge is 0.490 e. The lowest BCUT2D eigenvalue weighted by Crippen LogP contribution is -2.38. The Morgan fingerprint density at radius 2 is 1.77 bits per heavy atom. The second-order valence-electron chi connectivity index (χ2n) is 6.19. The van der Waals surface area contributed by atoms with Gasteiger partial charge in [-0.25, -0.2) is 4.99 Å². The van der Waals surface area contributed by atoms with Crippen molar-refractivity contribution < 1.29 is 9.47 Å². The van der Waals surface area contributed by atoms with E-state index in [-0.39, 0.29) is 0 Å². The lowest BCUT2D eigenvalue weighted by molar-refractivity contribution is 0.297. The Hall–Kier alpha value is -2.69. The van der Waals surface area contributed by atoms with E-state index in [1.807, 2.05) is 24.3 Å². The summed E-state index contributed by atoms with van der Waals surface area (Å²) in [6.07, 6.45) is 1.88. The molecule has 2 aromatic carbocycles. The maximum Gasteiger partial charge on any atom is 0.191 e. The maximum atomic E-state index is 5.75. The van der Waals surface area contributed by atoms with Crippen molar-refractivity contribution in [3.05, 3.63) is 59.7 Å². The SMILES string of the molecule is CCNC(=NCc1ccc2c(c1)OCCCO2)NCCc1ccccc1. The molecule has 0 saturated heterocycles. The van der Waals surface area contributed by atoms with Crippen molar-refractivity contribution in [1.82, 2.24) is 10.6 Å². The van der Waals surface area contributed by atoms with Crippen LogP contribution in [0.5, 0.6) is 11.5 Å². The minimum atomic E-state index is 0.595. The fraction of sp³-hybridized carbons (Fsp3) is 0.381. The molecule has 0 atom stereocenters. The van der Waals surface area contributed by atoms with Gasteiger partial charge in [-0.15, -0.1) is 0 Å². The van der Waals surface area contributed by atoms with Gasteiger partial charge in [-0.1, -0.05) is 36.4 Å². The van der Waals surface area contributed by atoms with Crippen LogP contribution >= 0.6 is 0 Å². The Morgan fingerprint density at radius 1 is 0.962 bits per heavy atom. The fourth-order valence-electron chi connectivity index (χ4n) is 2.79. The number of fused-ring (bicyclic) bond motifs is 1. The van der Waals surface area contributed by atoms with Gasteiger partial charge in [0.05, 0.1) is 19.8 Å². The average molecular weight is 353 g/mol. The van der Waals surface area contributed by atoms with E-state index in [4.69, 9.17) is 9.47 Å². The second-order valence-corrected chi connectivity index (χ2v) is 6.19. The molecule has 3 rings (SSSR count). The molecule has 138 valence electrons. The van der Waals surface area contributed by atoms with Crippen molar-refractivity contribution in [2.45, 2.75) is 26.3 Å². The van der Waals surface area contributed by atoms with E-state index in [1.54, 1.807) is 0 Å². The number of hydrogen-bond donors (Lipinski definition) is 2. The van der Waals surface area contributed by atoms with Crippen molar-refractivity contribution in [2.24, 2.45) is 4.99 Å². The van der Waals surface area contributed by atoms with Crippen LogP contribution < -0.4 is 20.1 Å². The summed E-state index contributed by atoms with van der Waals surface area (Å²) in [7, 11) is 0. The highest BCUT2D eigenvalue weighted by Crippen LogP contribution is 2.30. The standard InChI is InChI=1S/C21H27N3O2/c1-2-22-21(23-12-11-17-7-4-3-5-8-17)24-16-18-9-10-19-20(15-18)26-14-6-13-25-19/h3-5,7-10,15H,2,6,11-14,16H2,1H3,(H2,22,23,24). The quantitative estimate of drug-likeness (QED) is 0.619. The Bertz CT molecular complexity index is 716. The van der Waals surface area contributed by atoms with E-state index in [0.29, 0.717) is 19.8 Å². The topological polar surface area (TPSA) is 54.9 Å². The number of guanidine groups is 1. The minimum Gasteiger partial charge on any atom is -0.490 e. The van der Waals surface area contributed by atoms with Crippen LogP contribution in [-0.2, 0) is 13.0 Å².